The van der Waals surface area contributed by atoms with Crippen LogP contribution in [0.2, 0.25) is 0 Å². The molecule has 1 N–H and O–H groups in total. The first-order chi connectivity index (χ1) is 20.0. The number of carbonyl (C=O) groups excluding carboxylic acids is 1. The van der Waals surface area contributed by atoms with Gasteiger partial charge >= 0.3 is 0 Å². The molecule has 9 heteroatoms. The summed E-state index contributed by atoms with van der Waals surface area (Å²) in [7, 11) is 0. The van der Waals surface area contributed by atoms with Crippen LogP contribution in [0.1, 0.15) is 28.7 Å². The third kappa shape index (κ3) is 5.87. The quantitative estimate of drug-likeness (QED) is 0.176. The average molecular weight is 580 g/mol. The molecule has 0 bridgehead atoms. The Balaban J connectivity index is 1.18. The lowest BCUT2D eigenvalue weighted by molar-refractivity contribution is -0.114. The van der Waals surface area contributed by atoms with Gasteiger partial charge in [0.15, 0.2) is 10.2 Å². The van der Waals surface area contributed by atoms with E-state index in [2.05, 4.69) is 64.9 Å². The number of ether oxygens (including phenoxy) is 1. The Morgan fingerprint density at radius 2 is 1.85 bits per heavy atom. The Morgan fingerprint density at radius 1 is 1.05 bits per heavy atom. The number of nitrogens with zero attached hydrogens (tertiary/aromatic N) is 4. The summed E-state index contributed by atoms with van der Waals surface area (Å²) in [6.45, 7) is 5.48. The highest BCUT2D eigenvalue weighted by Gasteiger charge is 2.36. The van der Waals surface area contributed by atoms with E-state index in [1.54, 1.807) is 17.8 Å². The first kappa shape index (κ1) is 27.1. The molecule has 2 aliphatic heterocycles. The van der Waals surface area contributed by atoms with Crippen molar-refractivity contribution in [3.8, 4) is 5.75 Å². The van der Waals surface area contributed by atoms with Crippen LogP contribution in [0.15, 0.2) is 94.7 Å². The van der Waals surface area contributed by atoms with Gasteiger partial charge in [0.2, 0.25) is 5.17 Å². The van der Waals surface area contributed by atoms with Gasteiger partial charge in [-0.05, 0) is 66.9 Å². The van der Waals surface area contributed by atoms with Crippen LogP contribution in [0.3, 0.4) is 0 Å². The molecule has 1 amide bonds. The van der Waals surface area contributed by atoms with Crippen LogP contribution in [0.4, 0.5) is 0 Å². The fourth-order valence-corrected chi connectivity index (χ4v) is 6.65. The second-order valence-corrected chi connectivity index (χ2v) is 12.1. The lowest BCUT2D eigenvalue weighted by Gasteiger charge is -2.20. The number of rotatable bonds is 8. The number of fused-ring (bicyclic) bond motifs is 2. The number of carbonyl (C=O) groups is 1. The van der Waals surface area contributed by atoms with Crippen molar-refractivity contribution in [3.05, 3.63) is 107 Å². The number of aryl methyl sites for hydroxylation is 3. The first-order valence-corrected chi connectivity index (χ1v) is 15.2. The number of amidine groups is 2. The summed E-state index contributed by atoms with van der Waals surface area (Å²) in [6.07, 6.45) is 4.64. The third-order valence-corrected chi connectivity index (χ3v) is 9.02. The highest BCUT2D eigenvalue weighted by molar-refractivity contribution is 8.45. The zero-order valence-electron chi connectivity index (χ0n) is 22.8. The smallest absolute Gasteiger partial charge is 0.283 e. The van der Waals surface area contributed by atoms with Gasteiger partial charge in [0, 0.05) is 35.0 Å². The molecule has 6 rings (SSSR count). The van der Waals surface area contributed by atoms with Crippen molar-refractivity contribution >= 4 is 61.8 Å². The Labute approximate surface area is 247 Å². The largest absolute Gasteiger partial charge is 0.493 e. The maximum absolute atomic E-state index is 13.1. The van der Waals surface area contributed by atoms with E-state index < -0.39 is 5.91 Å². The molecule has 0 radical (unpaired) electrons. The van der Waals surface area contributed by atoms with Gasteiger partial charge < -0.3 is 9.30 Å². The number of aliphatic imine (C=N–C) groups is 1. The van der Waals surface area contributed by atoms with Gasteiger partial charge in [0.1, 0.15) is 5.75 Å². The minimum absolute atomic E-state index is 0.0431. The number of thioether (sulfide) groups is 2. The van der Waals surface area contributed by atoms with E-state index in [1.807, 2.05) is 42.6 Å². The number of nitrogens with one attached hydrogen (secondary N) is 1. The molecule has 3 heterocycles. The highest BCUT2D eigenvalue weighted by atomic mass is 32.2. The standard InChI is InChI=1S/C32H29N5O2S2/c1-21-13-14-22(2)28(17-21)39-16-8-15-36-19-24(25-11-6-7-12-27(25)36)18-26-29(33)37-31(34-30(26)38)41-32(35-37)40-20-23-9-4-3-5-10-23/h3-7,9-14,17-19,33H,8,15-16,20H2,1-2H3. The summed E-state index contributed by atoms with van der Waals surface area (Å²) in [6, 6.07) is 24.5. The third-order valence-electron chi connectivity index (χ3n) is 6.90. The maximum Gasteiger partial charge on any atom is 0.283 e. The molecule has 0 spiro atoms. The van der Waals surface area contributed by atoms with E-state index in [1.165, 1.54) is 27.9 Å². The average Bonchev–Trinajstić information content (AvgIpc) is 3.55. The minimum atomic E-state index is -0.419. The van der Waals surface area contributed by atoms with Crippen LogP contribution in [0, 0.1) is 19.3 Å². The molecule has 0 fully saturated rings. The van der Waals surface area contributed by atoms with E-state index in [4.69, 9.17) is 10.1 Å². The molecule has 0 atom stereocenters. The fraction of sp³-hybridized carbons (Fsp3) is 0.188. The molecule has 0 aliphatic carbocycles. The number of hydrazone groups is 1. The highest BCUT2D eigenvalue weighted by Crippen LogP contribution is 2.34. The van der Waals surface area contributed by atoms with Crippen molar-refractivity contribution in [2.45, 2.75) is 32.6 Å². The van der Waals surface area contributed by atoms with Gasteiger partial charge in [-0.3, -0.25) is 10.2 Å². The summed E-state index contributed by atoms with van der Waals surface area (Å²) >= 11 is 2.91. The van der Waals surface area contributed by atoms with Gasteiger partial charge in [-0.2, -0.15) is 10.0 Å². The topological polar surface area (TPSA) is 83.0 Å². The van der Waals surface area contributed by atoms with Crippen molar-refractivity contribution in [3.63, 3.8) is 0 Å². The second-order valence-electron chi connectivity index (χ2n) is 9.93. The number of benzene rings is 3. The van der Waals surface area contributed by atoms with Crippen LogP contribution in [0.25, 0.3) is 17.0 Å². The number of hydrogen-bond donors (Lipinski definition) is 1. The number of hydrogen-bond acceptors (Lipinski definition) is 6. The summed E-state index contributed by atoms with van der Waals surface area (Å²) in [5.74, 6) is 1.30. The lowest BCUT2D eigenvalue weighted by atomic mass is 10.1. The first-order valence-electron chi connectivity index (χ1n) is 13.4. The Kier molecular flexibility index (Phi) is 7.80. The molecule has 0 saturated heterocycles. The molecule has 1 aromatic heterocycles. The molecule has 41 heavy (non-hydrogen) atoms. The Bertz CT molecular complexity index is 1740. The molecular weight excluding hydrogens is 551 g/mol. The van der Waals surface area contributed by atoms with E-state index in [0.29, 0.717) is 11.8 Å². The summed E-state index contributed by atoms with van der Waals surface area (Å²) in [5, 5.41) is 16.3. The Morgan fingerprint density at radius 3 is 2.71 bits per heavy atom. The van der Waals surface area contributed by atoms with E-state index in [0.717, 1.165) is 50.9 Å². The summed E-state index contributed by atoms with van der Waals surface area (Å²) in [4.78, 5) is 17.3. The molecular formula is C32H29N5O2S2. The zero-order chi connectivity index (χ0) is 28.3. The molecule has 3 aromatic carbocycles. The Hall–Kier alpha value is -4.08. The lowest BCUT2D eigenvalue weighted by Crippen LogP contribution is -2.35. The van der Waals surface area contributed by atoms with Gasteiger partial charge in [0.05, 0.1) is 12.2 Å². The van der Waals surface area contributed by atoms with E-state index in [9.17, 15) is 4.79 Å². The van der Waals surface area contributed by atoms with Crippen LogP contribution in [-0.2, 0) is 17.1 Å². The van der Waals surface area contributed by atoms with E-state index >= 15 is 0 Å². The van der Waals surface area contributed by atoms with Crippen molar-refractivity contribution in [2.24, 2.45) is 10.1 Å². The van der Waals surface area contributed by atoms with Gasteiger partial charge in [0.25, 0.3) is 5.91 Å². The van der Waals surface area contributed by atoms with Crippen molar-refractivity contribution in [1.82, 2.24) is 9.58 Å². The second kappa shape index (κ2) is 11.8. The van der Waals surface area contributed by atoms with Crippen molar-refractivity contribution < 1.29 is 9.53 Å². The van der Waals surface area contributed by atoms with Crippen LogP contribution < -0.4 is 4.74 Å². The van der Waals surface area contributed by atoms with E-state index in [-0.39, 0.29) is 11.4 Å². The fourth-order valence-electron chi connectivity index (χ4n) is 4.76. The van der Waals surface area contributed by atoms with Crippen LogP contribution >= 0.6 is 23.5 Å². The van der Waals surface area contributed by atoms with Crippen LogP contribution in [0.5, 0.6) is 5.75 Å². The van der Waals surface area contributed by atoms with Gasteiger partial charge in [-0.15, -0.1) is 5.10 Å². The number of amides is 1. The number of aromatic nitrogens is 1. The SMILES string of the molecule is Cc1ccc(C)c(OCCCn2cc(C=C3C(=N)N4N=C(SCc5ccccc5)SC4=NC3=O)c3ccccc32)c1. The zero-order valence-corrected chi connectivity index (χ0v) is 24.5. The monoisotopic (exact) mass is 579 g/mol. The van der Waals surface area contributed by atoms with Crippen LogP contribution in [-0.4, -0.2) is 37.5 Å². The molecule has 0 saturated carbocycles. The number of para-hydroxylation sites is 1. The molecule has 2 aliphatic rings. The van der Waals surface area contributed by atoms with Gasteiger partial charge in [-0.25, -0.2) is 0 Å². The molecule has 206 valence electrons. The predicted octanol–water partition coefficient (Wildman–Crippen LogP) is 7.24. The minimum Gasteiger partial charge on any atom is -0.493 e. The van der Waals surface area contributed by atoms with Crippen molar-refractivity contribution in [2.75, 3.05) is 6.61 Å². The molecule has 7 nitrogen and oxygen atoms in total. The molecule has 0 unspecified atom stereocenters. The van der Waals surface area contributed by atoms with Crippen molar-refractivity contribution in [1.29, 1.82) is 5.41 Å². The predicted molar refractivity (Wildman–Crippen MR) is 171 cm³/mol. The van der Waals surface area contributed by atoms with Gasteiger partial charge in [-0.1, -0.05) is 72.4 Å². The maximum atomic E-state index is 13.1. The summed E-state index contributed by atoms with van der Waals surface area (Å²) < 4.78 is 9.02. The summed E-state index contributed by atoms with van der Waals surface area (Å²) in [5.41, 5.74) is 5.67. The molecule has 4 aromatic rings. The normalized spacial score (nSPS) is 15.9.